The predicted octanol–water partition coefficient (Wildman–Crippen LogP) is 1.95. The first-order chi connectivity index (χ1) is 10.1. The highest BCUT2D eigenvalue weighted by Crippen LogP contribution is 2.27. The van der Waals surface area contributed by atoms with Gasteiger partial charge in [0.05, 0.1) is 17.7 Å². The van der Waals surface area contributed by atoms with E-state index in [0.717, 1.165) is 6.42 Å². The Morgan fingerprint density at radius 1 is 1.48 bits per heavy atom. The number of halogens is 2. The minimum Gasteiger partial charge on any atom is -0.482 e. The topological polar surface area (TPSA) is 64.8 Å². The molecule has 0 saturated carbocycles. The number of ether oxygens (including phenoxy) is 2. The highest BCUT2D eigenvalue weighted by Gasteiger charge is 2.24. The second kappa shape index (κ2) is 7.84. The molecule has 5 nitrogen and oxygen atoms in total. The minimum absolute atomic E-state index is 0.00631. The van der Waals surface area contributed by atoms with Crippen LogP contribution in [0.4, 0.5) is 0 Å². The Hall–Kier alpha value is -1.01. The summed E-state index contributed by atoms with van der Waals surface area (Å²) in [5.41, 5.74) is 5.51. The maximum Gasteiger partial charge on any atom is 0.260 e. The molecule has 2 rings (SSSR count). The van der Waals surface area contributed by atoms with Gasteiger partial charge in [0.1, 0.15) is 5.75 Å². The molecule has 2 N–H and O–H groups in total. The normalized spacial score (nSPS) is 18.6. The molecule has 0 radical (unpaired) electrons. The lowest BCUT2D eigenvalue weighted by atomic mass is 10.2. The van der Waals surface area contributed by atoms with Crippen LogP contribution in [0.2, 0.25) is 10.0 Å². The van der Waals surface area contributed by atoms with Gasteiger partial charge in [0, 0.05) is 18.1 Å². The summed E-state index contributed by atoms with van der Waals surface area (Å²) < 4.78 is 11.0. The molecule has 0 bridgehead atoms. The molecule has 1 heterocycles. The fourth-order valence-corrected chi connectivity index (χ4v) is 2.59. The van der Waals surface area contributed by atoms with E-state index in [4.69, 9.17) is 38.4 Å². The summed E-state index contributed by atoms with van der Waals surface area (Å²) >= 11 is 11.8. The molecule has 0 spiro atoms. The highest BCUT2D eigenvalue weighted by molar-refractivity contribution is 6.35. The zero-order valence-corrected chi connectivity index (χ0v) is 13.1. The van der Waals surface area contributed by atoms with Crippen LogP contribution < -0.4 is 10.5 Å². The Morgan fingerprint density at radius 3 is 3.00 bits per heavy atom. The van der Waals surface area contributed by atoms with E-state index >= 15 is 0 Å². The Balaban J connectivity index is 1.86. The number of hydrogen-bond donors (Lipinski definition) is 1. The van der Waals surface area contributed by atoms with Crippen molar-refractivity contribution in [1.29, 1.82) is 0 Å². The van der Waals surface area contributed by atoms with E-state index in [1.54, 1.807) is 23.1 Å². The molecular formula is C14H18Cl2N2O3. The number of benzene rings is 1. The largest absolute Gasteiger partial charge is 0.482 e. The van der Waals surface area contributed by atoms with Crippen molar-refractivity contribution in [3.05, 3.63) is 28.2 Å². The van der Waals surface area contributed by atoms with E-state index < -0.39 is 0 Å². The third-order valence-electron chi connectivity index (χ3n) is 3.23. The van der Waals surface area contributed by atoms with Crippen LogP contribution in [0, 0.1) is 0 Å². The Morgan fingerprint density at radius 2 is 2.29 bits per heavy atom. The molecule has 0 aromatic heterocycles. The van der Waals surface area contributed by atoms with Crippen LogP contribution in [0.15, 0.2) is 18.2 Å². The van der Waals surface area contributed by atoms with Crippen LogP contribution in [-0.2, 0) is 9.53 Å². The van der Waals surface area contributed by atoms with Gasteiger partial charge < -0.3 is 20.1 Å². The molecule has 1 aromatic rings. The van der Waals surface area contributed by atoms with Gasteiger partial charge in [0.2, 0.25) is 0 Å². The number of carbonyl (C=O) groups excluding carboxylic acids is 1. The molecule has 1 aliphatic rings. The smallest absolute Gasteiger partial charge is 0.260 e. The van der Waals surface area contributed by atoms with Crippen molar-refractivity contribution in [1.82, 2.24) is 4.90 Å². The number of carbonyl (C=O) groups is 1. The molecule has 1 fully saturated rings. The van der Waals surface area contributed by atoms with E-state index in [2.05, 4.69) is 0 Å². The lowest BCUT2D eigenvalue weighted by Crippen LogP contribution is -2.47. The van der Waals surface area contributed by atoms with Gasteiger partial charge in [0.15, 0.2) is 6.61 Å². The van der Waals surface area contributed by atoms with Crippen LogP contribution in [0.25, 0.3) is 0 Å². The number of morpholine rings is 1. The summed E-state index contributed by atoms with van der Waals surface area (Å²) in [5, 5.41) is 0.912. The lowest BCUT2D eigenvalue weighted by molar-refractivity contribution is -0.141. The van der Waals surface area contributed by atoms with Gasteiger partial charge in [0.25, 0.3) is 5.91 Å². The van der Waals surface area contributed by atoms with Gasteiger partial charge in [-0.2, -0.15) is 0 Å². The van der Waals surface area contributed by atoms with Crippen LogP contribution in [0.1, 0.15) is 6.42 Å². The maximum atomic E-state index is 12.1. The van der Waals surface area contributed by atoms with E-state index in [9.17, 15) is 4.79 Å². The van der Waals surface area contributed by atoms with Crippen molar-refractivity contribution in [2.45, 2.75) is 12.5 Å². The molecular weight excluding hydrogens is 315 g/mol. The van der Waals surface area contributed by atoms with Crippen molar-refractivity contribution in [2.24, 2.45) is 5.73 Å². The molecule has 1 atom stereocenters. The second-order valence-corrected chi connectivity index (χ2v) is 5.62. The number of nitrogens with zero attached hydrogens (tertiary/aromatic N) is 1. The van der Waals surface area contributed by atoms with E-state index in [-0.39, 0.29) is 18.6 Å². The average Bonchev–Trinajstić information content (AvgIpc) is 2.47. The summed E-state index contributed by atoms with van der Waals surface area (Å²) in [6.07, 6.45) is 0.750. The summed E-state index contributed by atoms with van der Waals surface area (Å²) in [4.78, 5) is 13.9. The standard InChI is InChI=1S/C14H18Cl2N2O3/c15-10-1-2-13(12(16)7-10)21-9-14(19)18-5-6-20-11(8-18)3-4-17/h1-2,7,11H,3-6,8-9,17H2. The molecule has 1 aromatic carbocycles. The quantitative estimate of drug-likeness (QED) is 0.895. The fourth-order valence-electron chi connectivity index (χ4n) is 2.13. The van der Waals surface area contributed by atoms with Gasteiger partial charge in [-0.1, -0.05) is 23.2 Å². The van der Waals surface area contributed by atoms with Crippen LogP contribution in [-0.4, -0.2) is 49.8 Å². The Kier molecular flexibility index (Phi) is 6.11. The SMILES string of the molecule is NCCC1CN(C(=O)COc2ccc(Cl)cc2Cl)CCO1. The maximum absolute atomic E-state index is 12.1. The number of amides is 1. The third-order valence-corrected chi connectivity index (χ3v) is 3.76. The van der Waals surface area contributed by atoms with Gasteiger partial charge in [-0.25, -0.2) is 0 Å². The fraction of sp³-hybridized carbons (Fsp3) is 0.500. The van der Waals surface area contributed by atoms with Crippen molar-refractivity contribution in [2.75, 3.05) is 32.8 Å². The molecule has 116 valence electrons. The molecule has 1 aliphatic heterocycles. The van der Waals surface area contributed by atoms with Crippen molar-refractivity contribution >= 4 is 29.1 Å². The number of nitrogens with two attached hydrogens (primary N) is 1. The average molecular weight is 333 g/mol. The first-order valence-electron chi connectivity index (χ1n) is 6.77. The highest BCUT2D eigenvalue weighted by atomic mass is 35.5. The van der Waals surface area contributed by atoms with Gasteiger partial charge in [-0.3, -0.25) is 4.79 Å². The van der Waals surface area contributed by atoms with Crippen molar-refractivity contribution in [3.8, 4) is 5.75 Å². The van der Waals surface area contributed by atoms with Crippen LogP contribution >= 0.6 is 23.2 Å². The van der Waals surface area contributed by atoms with Gasteiger partial charge in [-0.15, -0.1) is 0 Å². The Labute approximate surface area is 133 Å². The van der Waals surface area contributed by atoms with Crippen molar-refractivity contribution in [3.63, 3.8) is 0 Å². The molecule has 0 aliphatic carbocycles. The minimum atomic E-state index is -0.0914. The van der Waals surface area contributed by atoms with Crippen LogP contribution in [0.5, 0.6) is 5.75 Å². The number of rotatable bonds is 5. The monoisotopic (exact) mass is 332 g/mol. The lowest BCUT2D eigenvalue weighted by Gasteiger charge is -2.32. The van der Waals surface area contributed by atoms with E-state index in [0.29, 0.717) is 42.0 Å². The molecule has 21 heavy (non-hydrogen) atoms. The Bertz CT molecular complexity index is 497. The summed E-state index contributed by atoms with van der Waals surface area (Å²) in [6, 6.07) is 4.89. The number of hydrogen-bond acceptors (Lipinski definition) is 4. The third kappa shape index (κ3) is 4.74. The summed E-state index contributed by atoms with van der Waals surface area (Å²) in [6.45, 7) is 2.13. The summed E-state index contributed by atoms with van der Waals surface area (Å²) in [7, 11) is 0. The van der Waals surface area contributed by atoms with Crippen LogP contribution in [0.3, 0.4) is 0 Å². The van der Waals surface area contributed by atoms with Gasteiger partial charge >= 0.3 is 0 Å². The molecule has 7 heteroatoms. The molecule has 1 saturated heterocycles. The van der Waals surface area contributed by atoms with Gasteiger partial charge in [-0.05, 0) is 31.2 Å². The zero-order chi connectivity index (χ0) is 15.2. The zero-order valence-electron chi connectivity index (χ0n) is 11.6. The molecule has 1 amide bonds. The van der Waals surface area contributed by atoms with E-state index in [1.807, 2.05) is 0 Å². The first-order valence-corrected chi connectivity index (χ1v) is 7.53. The predicted molar refractivity (Wildman–Crippen MR) is 81.9 cm³/mol. The van der Waals surface area contributed by atoms with Crippen molar-refractivity contribution < 1.29 is 14.3 Å². The molecule has 1 unspecified atom stereocenters. The first kappa shape index (κ1) is 16.4. The van der Waals surface area contributed by atoms with E-state index in [1.165, 1.54) is 0 Å². The second-order valence-electron chi connectivity index (χ2n) is 4.77. The summed E-state index contributed by atoms with van der Waals surface area (Å²) in [5.74, 6) is 0.354.